The van der Waals surface area contributed by atoms with E-state index in [0.717, 1.165) is 30.0 Å². The predicted octanol–water partition coefficient (Wildman–Crippen LogP) is 2.68. The number of nitrogens with zero attached hydrogens (tertiary/aromatic N) is 2. The molecule has 2 aromatic heterocycles. The molecule has 0 fully saturated rings. The number of aryl methyl sites for hydroxylation is 2. The van der Waals surface area contributed by atoms with Crippen molar-refractivity contribution >= 4 is 34.0 Å². The first kappa shape index (κ1) is 13.0. The van der Waals surface area contributed by atoms with Crippen molar-refractivity contribution in [2.24, 2.45) is 0 Å². The van der Waals surface area contributed by atoms with E-state index in [1.807, 2.05) is 11.8 Å². The molecule has 102 valence electrons. The summed E-state index contributed by atoms with van der Waals surface area (Å²) in [5.41, 5.74) is 3.90. The van der Waals surface area contributed by atoms with Crippen molar-refractivity contribution in [3.63, 3.8) is 0 Å². The normalized spacial score (nSPS) is 14.6. The first-order valence-corrected chi connectivity index (χ1v) is 8.44. The lowest BCUT2D eigenvalue weighted by molar-refractivity contribution is -0.140. The van der Waals surface area contributed by atoms with Gasteiger partial charge in [-0.15, -0.1) is 11.3 Å². The van der Waals surface area contributed by atoms with Gasteiger partial charge in [0.2, 0.25) is 0 Å². The number of aromatic nitrogens is 2. The van der Waals surface area contributed by atoms with E-state index in [1.165, 1.54) is 29.9 Å². The monoisotopic (exact) mass is 296 g/mol. The van der Waals surface area contributed by atoms with Crippen molar-refractivity contribution in [1.82, 2.24) is 9.38 Å². The SMILES string of the molecule is COC(=O)CCCc1csc2nc3c(n12)CSCC3. The van der Waals surface area contributed by atoms with Gasteiger partial charge in [0.1, 0.15) is 0 Å². The zero-order valence-corrected chi connectivity index (χ0v) is 12.5. The van der Waals surface area contributed by atoms with E-state index in [1.54, 1.807) is 11.3 Å². The van der Waals surface area contributed by atoms with E-state index in [0.29, 0.717) is 6.42 Å². The Kier molecular flexibility index (Phi) is 3.79. The standard InChI is InChI=1S/C13H16N2O2S2/c1-17-12(16)4-2-3-9-7-19-13-14-10-5-6-18-8-11(10)15(9)13/h7H,2-6,8H2,1H3. The summed E-state index contributed by atoms with van der Waals surface area (Å²) in [5, 5.41) is 2.17. The molecule has 1 aliphatic rings. The first-order valence-electron chi connectivity index (χ1n) is 6.40. The number of hydrogen-bond donors (Lipinski definition) is 0. The van der Waals surface area contributed by atoms with E-state index in [9.17, 15) is 4.79 Å². The van der Waals surface area contributed by atoms with Crippen LogP contribution in [0, 0.1) is 0 Å². The number of thiazole rings is 1. The van der Waals surface area contributed by atoms with E-state index >= 15 is 0 Å². The number of fused-ring (bicyclic) bond motifs is 3. The molecule has 0 N–H and O–H groups in total. The lowest BCUT2D eigenvalue weighted by atomic mass is 10.2. The fourth-order valence-corrected chi connectivity index (χ4v) is 4.33. The van der Waals surface area contributed by atoms with Crippen molar-refractivity contribution in [2.75, 3.05) is 12.9 Å². The summed E-state index contributed by atoms with van der Waals surface area (Å²) in [4.78, 5) is 17.0. The van der Waals surface area contributed by atoms with Gasteiger partial charge in [0.25, 0.3) is 0 Å². The van der Waals surface area contributed by atoms with E-state index < -0.39 is 0 Å². The van der Waals surface area contributed by atoms with Gasteiger partial charge in [0.15, 0.2) is 4.96 Å². The van der Waals surface area contributed by atoms with Crippen LogP contribution in [0.1, 0.15) is 29.9 Å². The highest BCUT2D eigenvalue weighted by Crippen LogP contribution is 2.29. The smallest absolute Gasteiger partial charge is 0.305 e. The number of carbonyl (C=O) groups is 1. The van der Waals surface area contributed by atoms with Crippen LogP contribution < -0.4 is 0 Å². The van der Waals surface area contributed by atoms with Crippen LogP contribution in [0.5, 0.6) is 0 Å². The molecule has 0 atom stereocenters. The van der Waals surface area contributed by atoms with Gasteiger partial charge in [-0.3, -0.25) is 9.20 Å². The molecule has 4 nitrogen and oxygen atoms in total. The van der Waals surface area contributed by atoms with Crippen LogP contribution in [-0.2, 0) is 28.1 Å². The molecule has 2 aromatic rings. The molecule has 0 bridgehead atoms. The van der Waals surface area contributed by atoms with Crippen molar-refractivity contribution in [1.29, 1.82) is 0 Å². The van der Waals surface area contributed by atoms with Crippen LogP contribution >= 0.6 is 23.1 Å². The second kappa shape index (κ2) is 5.54. The Balaban J connectivity index is 1.80. The fraction of sp³-hybridized carbons (Fsp3) is 0.538. The topological polar surface area (TPSA) is 43.6 Å². The highest BCUT2D eigenvalue weighted by Gasteiger charge is 2.19. The minimum absolute atomic E-state index is 0.130. The molecule has 3 rings (SSSR count). The average Bonchev–Trinajstić information content (AvgIpc) is 2.98. The van der Waals surface area contributed by atoms with Gasteiger partial charge in [-0.2, -0.15) is 11.8 Å². The van der Waals surface area contributed by atoms with E-state index in [4.69, 9.17) is 4.98 Å². The summed E-state index contributed by atoms with van der Waals surface area (Å²) in [6.07, 6.45) is 3.30. The number of thioether (sulfide) groups is 1. The van der Waals surface area contributed by atoms with Gasteiger partial charge in [-0.05, 0) is 18.6 Å². The zero-order valence-electron chi connectivity index (χ0n) is 10.8. The number of esters is 1. The second-order valence-electron chi connectivity index (χ2n) is 4.58. The number of rotatable bonds is 4. The number of imidazole rings is 1. The molecule has 0 radical (unpaired) electrons. The Morgan fingerprint density at radius 1 is 1.58 bits per heavy atom. The predicted molar refractivity (Wildman–Crippen MR) is 77.9 cm³/mol. The van der Waals surface area contributed by atoms with Crippen LogP contribution in [0.4, 0.5) is 0 Å². The molecule has 19 heavy (non-hydrogen) atoms. The second-order valence-corrected chi connectivity index (χ2v) is 6.52. The maximum Gasteiger partial charge on any atom is 0.305 e. The molecule has 0 amide bonds. The molecule has 6 heteroatoms. The molecule has 3 heterocycles. The average molecular weight is 296 g/mol. The van der Waals surface area contributed by atoms with Crippen LogP contribution in [0.15, 0.2) is 5.38 Å². The summed E-state index contributed by atoms with van der Waals surface area (Å²) in [6, 6.07) is 0. The molecular weight excluding hydrogens is 280 g/mol. The summed E-state index contributed by atoms with van der Waals surface area (Å²) in [7, 11) is 1.44. The number of hydrogen-bond acceptors (Lipinski definition) is 5. The van der Waals surface area contributed by atoms with Gasteiger partial charge >= 0.3 is 5.97 Å². The molecule has 0 saturated carbocycles. The molecule has 0 saturated heterocycles. The maximum absolute atomic E-state index is 11.1. The Bertz CT molecular complexity index is 603. The van der Waals surface area contributed by atoms with E-state index in [-0.39, 0.29) is 5.97 Å². The van der Waals surface area contributed by atoms with Crippen LogP contribution in [0.3, 0.4) is 0 Å². The van der Waals surface area contributed by atoms with Gasteiger partial charge in [0, 0.05) is 29.7 Å². The summed E-state index contributed by atoms with van der Waals surface area (Å²) in [5.74, 6) is 2.10. The maximum atomic E-state index is 11.1. The quantitative estimate of drug-likeness (QED) is 0.814. The lowest BCUT2D eigenvalue weighted by Gasteiger charge is -2.11. The van der Waals surface area contributed by atoms with Crippen molar-refractivity contribution in [2.45, 2.75) is 31.4 Å². The van der Waals surface area contributed by atoms with E-state index in [2.05, 4.69) is 14.5 Å². The molecule has 0 spiro atoms. The Morgan fingerprint density at radius 3 is 3.32 bits per heavy atom. The van der Waals surface area contributed by atoms with Crippen LogP contribution in [-0.4, -0.2) is 28.2 Å². The molecule has 1 aliphatic heterocycles. The fourth-order valence-electron chi connectivity index (χ4n) is 2.40. The summed E-state index contributed by atoms with van der Waals surface area (Å²) >= 11 is 3.67. The number of methoxy groups -OCH3 is 1. The zero-order chi connectivity index (χ0) is 13.2. The molecule has 0 aliphatic carbocycles. The molecular formula is C13H16N2O2S2. The van der Waals surface area contributed by atoms with Crippen molar-refractivity contribution < 1.29 is 9.53 Å². The van der Waals surface area contributed by atoms with Gasteiger partial charge in [-0.25, -0.2) is 4.98 Å². The Labute approximate surface area is 120 Å². The lowest BCUT2D eigenvalue weighted by Crippen LogP contribution is -2.06. The summed E-state index contributed by atoms with van der Waals surface area (Å²) < 4.78 is 6.97. The first-order chi connectivity index (χ1) is 9.29. The van der Waals surface area contributed by atoms with Crippen LogP contribution in [0.2, 0.25) is 0 Å². The minimum atomic E-state index is -0.130. The highest BCUT2D eigenvalue weighted by atomic mass is 32.2. The van der Waals surface area contributed by atoms with Gasteiger partial charge in [0.05, 0.1) is 18.5 Å². The largest absolute Gasteiger partial charge is 0.469 e. The Morgan fingerprint density at radius 2 is 2.47 bits per heavy atom. The van der Waals surface area contributed by atoms with Crippen molar-refractivity contribution in [3.8, 4) is 0 Å². The third-order valence-corrected chi connectivity index (χ3v) is 5.22. The van der Waals surface area contributed by atoms with Crippen molar-refractivity contribution in [3.05, 3.63) is 22.5 Å². The third-order valence-electron chi connectivity index (χ3n) is 3.38. The number of carbonyl (C=O) groups excluding carboxylic acids is 1. The summed E-state index contributed by atoms with van der Waals surface area (Å²) in [6.45, 7) is 0. The molecule has 0 unspecified atom stereocenters. The minimum Gasteiger partial charge on any atom is -0.469 e. The third kappa shape index (κ3) is 2.51. The van der Waals surface area contributed by atoms with Crippen LogP contribution in [0.25, 0.3) is 4.96 Å². The number of ether oxygens (including phenoxy) is 1. The van der Waals surface area contributed by atoms with Gasteiger partial charge in [-0.1, -0.05) is 0 Å². The highest BCUT2D eigenvalue weighted by molar-refractivity contribution is 7.98. The Hall–Kier alpha value is -1.01. The van der Waals surface area contributed by atoms with Gasteiger partial charge < -0.3 is 4.74 Å². The molecule has 0 aromatic carbocycles.